The molecule has 0 saturated heterocycles. The van der Waals surface area contributed by atoms with Gasteiger partial charge in [0.1, 0.15) is 5.75 Å². The summed E-state index contributed by atoms with van der Waals surface area (Å²) in [5, 5.41) is 6.38. The molecule has 0 aliphatic carbocycles. The van der Waals surface area contributed by atoms with Crippen LogP contribution in [-0.2, 0) is 0 Å². The zero-order chi connectivity index (χ0) is 25.1. The molecule has 0 fully saturated rings. The van der Waals surface area contributed by atoms with Crippen molar-refractivity contribution < 1.29 is 18.7 Å². The van der Waals surface area contributed by atoms with Crippen LogP contribution in [0.4, 0.5) is 15.8 Å². The van der Waals surface area contributed by atoms with Crippen molar-refractivity contribution in [3.05, 3.63) is 53.7 Å². The molecule has 1 unspecified atom stereocenters. The van der Waals surface area contributed by atoms with Crippen LogP contribution in [0.15, 0.2) is 36.7 Å². The molecule has 1 amide bonds. The van der Waals surface area contributed by atoms with E-state index in [1.807, 2.05) is 6.07 Å². The van der Waals surface area contributed by atoms with Crippen LogP contribution in [0.1, 0.15) is 47.7 Å². The van der Waals surface area contributed by atoms with E-state index in [4.69, 9.17) is 9.47 Å². The number of aromatic nitrogens is 2. The highest BCUT2D eigenvalue weighted by Gasteiger charge is 2.34. The smallest absolute Gasteiger partial charge is 0.255 e. The summed E-state index contributed by atoms with van der Waals surface area (Å²) in [4.78, 5) is 23.4. The van der Waals surface area contributed by atoms with Gasteiger partial charge in [0.25, 0.3) is 5.91 Å². The Labute approximate surface area is 210 Å². The van der Waals surface area contributed by atoms with Crippen molar-refractivity contribution in [3.8, 4) is 22.8 Å². The minimum absolute atomic E-state index is 0.0844. The zero-order valence-electron chi connectivity index (χ0n) is 20.7. The third-order valence-corrected chi connectivity index (χ3v) is 6.96. The van der Waals surface area contributed by atoms with Gasteiger partial charge in [-0.05, 0) is 64.0 Å². The lowest BCUT2D eigenvalue weighted by Crippen LogP contribution is -2.36. The Hall–Kier alpha value is -3.59. The molecule has 5 rings (SSSR count). The van der Waals surface area contributed by atoms with Crippen LogP contribution in [0.2, 0.25) is 0 Å². The lowest BCUT2D eigenvalue weighted by molar-refractivity contribution is 0.0939. The Morgan fingerprint density at radius 1 is 1.22 bits per heavy atom. The number of benzene rings is 1. The summed E-state index contributed by atoms with van der Waals surface area (Å²) >= 11 is 0. The van der Waals surface area contributed by atoms with Gasteiger partial charge in [-0.15, -0.1) is 0 Å². The number of aromatic amines is 1. The summed E-state index contributed by atoms with van der Waals surface area (Å²) in [5.74, 6) is 0.171. The SMILES string of the molecule is COc1c(F)cccc1Nc1c2[nH]c3c1C(=O)NCC3CCN(C)CCCCCOc1cnccc1-2. The van der Waals surface area contributed by atoms with E-state index in [0.717, 1.165) is 50.0 Å². The lowest BCUT2D eigenvalue weighted by atomic mass is 9.93. The number of pyridine rings is 1. The van der Waals surface area contributed by atoms with Gasteiger partial charge in [0, 0.05) is 29.9 Å². The van der Waals surface area contributed by atoms with E-state index < -0.39 is 5.82 Å². The summed E-state index contributed by atoms with van der Waals surface area (Å²) in [6.45, 7) is 3.08. The molecule has 2 aliphatic rings. The van der Waals surface area contributed by atoms with E-state index in [1.165, 1.54) is 13.2 Å². The first kappa shape index (κ1) is 24.1. The van der Waals surface area contributed by atoms with Gasteiger partial charge >= 0.3 is 0 Å². The fourth-order valence-electron chi connectivity index (χ4n) is 5.02. The number of hydrogen-bond donors (Lipinski definition) is 3. The number of fused-ring (bicyclic) bond motifs is 3. The maximum atomic E-state index is 14.5. The fraction of sp³-hybridized carbons (Fsp3) is 0.407. The zero-order valence-corrected chi connectivity index (χ0v) is 20.7. The molecule has 3 N–H and O–H groups in total. The Bertz CT molecular complexity index is 1240. The second-order valence-corrected chi connectivity index (χ2v) is 9.39. The second-order valence-electron chi connectivity index (χ2n) is 9.39. The molecule has 0 radical (unpaired) electrons. The molecule has 8 nitrogen and oxygen atoms in total. The number of methoxy groups -OCH3 is 1. The number of nitrogens with zero attached hydrogens (tertiary/aromatic N) is 2. The van der Waals surface area contributed by atoms with E-state index >= 15 is 0 Å². The summed E-state index contributed by atoms with van der Waals surface area (Å²) in [6.07, 6.45) is 7.44. The van der Waals surface area contributed by atoms with Gasteiger partial charge in [-0.3, -0.25) is 9.78 Å². The first-order chi connectivity index (χ1) is 17.6. The average Bonchev–Trinajstić information content (AvgIpc) is 3.25. The largest absolute Gasteiger partial charge is 0.492 e. The van der Waals surface area contributed by atoms with Gasteiger partial charge in [-0.2, -0.15) is 0 Å². The molecule has 9 heteroatoms. The van der Waals surface area contributed by atoms with Crippen molar-refractivity contribution >= 4 is 17.3 Å². The minimum Gasteiger partial charge on any atom is -0.492 e. The number of H-pyrrole nitrogens is 1. The van der Waals surface area contributed by atoms with Crippen molar-refractivity contribution in [3.63, 3.8) is 0 Å². The van der Waals surface area contributed by atoms with Crippen LogP contribution in [0.3, 0.4) is 0 Å². The molecule has 2 aromatic heterocycles. The molecule has 1 aromatic carbocycles. The third kappa shape index (κ3) is 4.75. The van der Waals surface area contributed by atoms with Crippen molar-refractivity contribution in [2.75, 3.05) is 45.7 Å². The predicted molar refractivity (Wildman–Crippen MR) is 137 cm³/mol. The lowest BCUT2D eigenvalue weighted by Gasteiger charge is -2.26. The van der Waals surface area contributed by atoms with E-state index in [1.54, 1.807) is 24.5 Å². The number of carbonyl (C=O) groups is 1. The van der Waals surface area contributed by atoms with Crippen LogP contribution in [0, 0.1) is 5.82 Å². The minimum atomic E-state index is -0.485. The number of nitrogens with one attached hydrogen (secondary N) is 3. The first-order valence-corrected chi connectivity index (χ1v) is 12.5. The van der Waals surface area contributed by atoms with Gasteiger partial charge in [-0.25, -0.2) is 4.39 Å². The number of ether oxygens (including phenoxy) is 2. The Morgan fingerprint density at radius 3 is 2.97 bits per heavy atom. The average molecular weight is 494 g/mol. The fourth-order valence-corrected chi connectivity index (χ4v) is 5.02. The highest BCUT2D eigenvalue weighted by atomic mass is 19.1. The third-order valence-electron chi connectivity index (χ3n) is 6.96. The predicted octanol–water partition coefficient (Wildman–Crippen LogP) is 4.68. The molecule has 3 aromatic rings. The summed E-state index contributed by atoms with van der Waals surface area (Å²) < 4.78 is 26.0. The maximum Gasteiger partial charge on any atom is 0.255 e. The molecular weight excluding hydrogens is 461 g/mol. The number of hydrogen-bond acceptors (Lipinski definition) is 6. The maximum absolute atomic E-state index is 14.5. The second kappa shape index (κ2) is 10.6. The molecule has 0 spiro atoms. The number of anilines is 2. The Kier molecular flexibility index (Phi) is 7.09. The number of rotatable bonds is 3. The molecular formula is C27H32FN5O3. The molecule has 2 bridgehead atoms. The Morgan fingerprint density at radius 2 is 2.11 bits per heavy atom. The topological polar surface area (TPSA) is 91.5 Å². The van der Waals surface area contributed by atoms with Crippen molar-refractivity contribution in [2.24, 2.45) is 0 Å². The normalized spacial score (nSPS) is 18.8. The van der Waals surface area contributed by atoms with Crippen LogP contribution in [0.5, 0.6) is 11.5 Å². The molecule has 2 aliphatic heterocycles. The molecule has 190 valence electrons. The van der Waals surface area contributed by atoms with Crippen LogP contribution in [0.25, 0.3) is 11.3 Å². The first-order valence-electron chi connectivity index (χ1n) is 12.5. The van der Waals surface area contributed by atoms with Crippen molar-refractivity contribution in [1.82, 2.24) is 20.2 Å². The van der Waals surface area contributed by atoms with Crippen LogP contribution in [-0.4, -0.2) is 61.2 Å². The highest BCUT2D eigenvalue weighted by molar-refractivity contribution is 6.07. The molecule has 36 heavy (non-hydrogen) atoms. The monoisotopic (exact) mass is 493 g/mol. The summed E-state index contributed by atoms with van der Waals surface area (Å²) in [6, 6.07) is 6.56. The summed E-state index contributed by atoms with van der Waals surface area (Å²) in [7, 11) is 3.57. The van der Waals surface area contributed by atoms with Gasteiger partial charge < -0.3 is 30.0 Å². The van der Waals surface area contributed by atoms with Crippen LogP contribution >= 0.6 is 0 Å². The number of carbonyl (C=O) groups excluding carboxylic acids is 1. The van der Waals surface area contributed by atoms with Crippen molar-refractivity contribution in [2.45, 2.75) is 31.6 Å². The van der Waals surface area contributed by atoms with Crippen molar-refractivity contribution in [1.29, 1.82) is 0 Å². The van der Waals surface area contributed by atoms with E-state index in [0.29, 0.717) is 41.5 Å². The van der Waals surface area contributed by atoms with E-state index in [2.05, 4.69) is 32.5 Å². The van der Waals surface area contributed by atoms with Gasteiger partial charge in [0.05, 0.1) is 42.5 Å². The highest BCUT2D eigenvalue weighted by Crippen LogP contribution is 2.44. The number of para-hydroxylation sites is 1. The quantitative estimate of drug-likeness (QED) is 0.491. The standard InChI is InChI=1S/C27H32FN5O3/c1-33-12-4-3-5-14-36-21-16-29-11-9-18(21)24-25(31-20-8-6-7-19(28)26(20)35-2)22-23(32-24)17(10-13-33)15-30-27(22)34/h6-9,11,16-17,31-32H,3-5,10,12-15H2,1-2H3,(H,30,34). The van der Waals surface area contributed by atoms with Gasteiger partial charge in [-0.1, -0.05) is 6.07 Å². The molecule has 1 atom stereocenters. The number of halogens is 1. The van der Waals surface area contributed by atoms with E-state index in [-0.39, 0.29) is 17.6 Å². The van der Waals surface area contributed by atoms with Gasteiger partial charge in [0.2, 0.25) is 0 Å². The van der Waals surface area contributed by atoms with Gasteiger partial charge in [0.15, 0.2) is 11.6 Å². The number of amides is 1. The summed E-state index contributed by atoms with van der Waals surface area (Å²) in [5.41, 5.74) is 3.89. The Balaban J connectivity index is 1.67. The van der Waals surface area contributed by atoms with E-state index in [9.17, 15) is 9.18 Å². The molecule has 0 saturated carbocycles. The van der Waals surface area contributed by atoms with Crippen LogP contribution < -0.4 is 20.1 Å². The molecule has 4 heterocycles.